The van der Waals surface area contributed by atoms with Crippen LogP contribution in [0.2, 0.25) is 0 Å². The highest BCUT2D eigenvalue weighted by Gasteiger charge is 1.68. The normalized spacial score (nSPS) is 6.86. The minimum Gasteiger partial charge on any atom is -0.480 e. The summed E-state index contributed by atoms with van der Waals surface area (Å²) in [4.78, 5) is 0. The van der Waals surface area contributed by atoms with E-state index in [2.05, 4.69) is 22.0 Å². The molecule has 0 rings (SSSR count). The quantitative estimate of drug-likeness (QED) is 0.179. The van der Waals surface area contributed by atoms with Gasteiger partial charge in [0, 0.05) is 0 Å². The summed E-state index contributed by atoms with van der Waals surface area (Å²) in [7, 11) is 0. The van der Waals surface area contributed by atoms with Crippen molar-refractivity contribution in [2.45, 2.75) is 0 Å². The second-order valence-electron chi connectivity index (χ2n) is 0.748. The first kappa shape index (κ1) is 5.94. The van der Waals surface area contributed by atoms with Gasteiger partial charge in [-0.1, -0.05) is 11.8 Å². The van der Waals surface area contributed by atoms with Gasteiger partial charge in [0.05, 0.1) is 6.26 Å². The zero-order chi connectivity index (χ0) is 5.54. The van der Waals surface area contributed by atoms with Crippen LogP contribution in [0.15, 0.2) is 18.1 Å². The number of hydrogen-bond donors (Lipinski definition) is 2. The standard InChI is InChI=1S/C3H7N3O/c1-2-7-3-5-6-4/h2H,1,3H2,(H2,4,5). The molecule has 4 heteroatoms. The fourth-order valence-corrected chi connectivity index (χ4v) is 0.128. The van der Waals surface area contributed by atoms with Gasteiger partial charge >= 0.3 is 0 Å². The smallest absolute Gasteiger partial charge is 0.174 e. The Hall–Kier alpha value is -1.06. The van der Waals surface area contributed by atoms with E-state index in [-0.39, 0.29) is 6.73 Å². The highest BCUT2D eigenvalue weighted by molar-refractivity contribution is 4.45. The molecule has 7 heavy (non-hydrogen) atoms. The van der Waals surface area contributed by atoms with Gasteiger partial charge in [0.2, 0.25) is 0 Å². The molecular weight excluding hydrogens is 94.1 g/mol. The highest BCUT2D eigenvalue weighted by atomic mass is 16.5. The number of nitrogens with one attached hydrogen (secondary N) is 2. The third-order valence-electron chi connectivity index (χ3n) is 0.345. The van der Waals surface area contributed by atoms with Crippen LogP contribution < -0.4 is 5.43 Å². The highest BCUT2D eigenvalue weighted by Crippen LogP contribution is 1.65. The molecule has 0 amide bonds. The molecule has 0 heterocycles. The Labute approximate surface area is 41.6 Å². The van der Waals surface area contributed by atoms with Gasteiger partial charge in [-0.25, -0.2) is 0 Å². The molecule has 0 aliphatic heterocycles. The van der Waals surface area contributed by atoms with E-state index < -0.39 is 0 Å². The average Bonchev–Trinajstić information content (AvgIpc) is 1.69. The maximum atomic E-state index is 6.18. The van der Waals surface area contributed by atoms with Gasteiger partial charge in [0.1, 0.15) is 0 Å². The Kier molecular flexibility index (Phi) is 4.19. The summed E-state index contributed by atoms with van der Waals surface area (Å²) in [5, 5.41) is 2.80. The fraction of sp³-hybridized carbons (Fsp3) is 0.333. The van der Waals surface area contributed by atoms with Gasteiger partial charge in [-0.15, -0.1) is 0 Å². The van der Waals surface area contributed by atoms with Crippen LogP contribution in [0.1, 0.15) is 0 Å². The number of nitrogens with zero attached hydrogens (tertiary/aromatic N) is 1. The van der Waals surface area contributed by atoms with Crippen LogP contribution >= 0.6 is 0 Å². The average molecular weight is 101 g/mol. The molecule has 0 aliphatic carbocycles. The fourth-order valence-electron chi connectivity index (χ4n) is 0.128. The number of ether oxygens (including phenoxy) is 1. The molecule has 0 saturated heterocycles. The van der Waals surface area contributed by atoms with E-state index in [0.717, 1.165) is 0 Å². The molecule has 0 fully saturated rings. The van der Waals surface area contributed by atoms with E-state index in [1.165, 1.54) is 6.26 Å². The maximum absolute atomic E-state index is 6.18. The van der Waals surface area contributed by atoms with Crippen molar-refractivity contribution in [3.63, 3.8) is 0 Å². The molecular formula is C3H7N3O. The van der Waals surface area contributed by atoms with Crippen molar-refractivity contribution in [2.24, 2.45) is 5.22 Å². The van der Waals surface area contributed by atoms with Crippen LogP contribution in [-0.2, 0) is 4.74 Å². The lowest BCUT2D eigenvalue weighted by atomic mass is 11.1. The minimum atomic E-state index is 0.215. The molecule has 0 aliphatic rings. The van der Waals surface area contributed by atoms with Crippen LogP contribution in [0.5, 0.6) is 0 Å². The second kappa shape index (κ2) is 4.94. The van der Waals surface area contributed by atoms with E-state index in [1.807, 2.05) is 0 Å². The molecule has 0 unspecified atom stereocenters. The monoisotopic (exact) mass is 101 g/mol. The zero-order valence-corrected chi connectivity index (χ0v) is 3.85. The summed E-state index contributed by atoms with van der Waals surface area (Å²) >= 11 is 0. The first-order valence-electron chi connectivity index (χ1n) is 1.73. The van der Waals surface area contributed by atoms with Crippen molar-refractivity contribution in [3.8, 4) is 0 Å². The predicted octanol–water partition coefficient (Wildman–Crippen LogP) is 0.640. The van der Waals surface area contributed by atoms with Gasteiger partial charge < -0.3 is 4.74 Å². The number of rotatable bonds is 4. The Bertz CT molecular complexity index is 55.2. The molecule has 0 aromatic heterocycles. The Morgan fingerprint density at radius 2 is 2.71 bits per heavy atom. The van der Waals surface area contributed by atoms with Crippen LogP contribution in [0, 0.1) is 5.53 Å². The second-order valence-corrected chi connectivity index (χ2v) is 0.748. The molecule has 0 aromatic carbocycles. The van der Waals surface area contributed by atoms with E-state index >= 15 is 0 Å². The van der Waals surface area contributed by atoms with Gasteiger partial charge in [0.15, 0.2) is 6.73 Å². The van der Waals surface area contributed by atoms with Crippen molar-refractivity contribution >= 4 is 0 Å². The lowest BCUT2D eigenvalue weighted by Gasteiger charge is -1.93. The van der Waals surface area contributed by atoms with E-state index in [0.29, 0.717) is 0 Å². The van der Waals surface area contributed by atoms with Crippen LogP contribution in [0.3, 0.4) is 0 Å². The van der Waals surface area contributed by atoms with Crippen molar-refractivity contribution in [2.75, 3.05) is 6.73 Å². The Morgan fingerprint density at radius 3 is 3.14 bits per heavy atom. The summed E-state index contributed by atoms with van der Waals surface area (Å²) in [5.74, 6) is 0. The van der Waals surface area contributed by atoms with Crippen molar-refractivity contribution in [3.05, 3.63) is 12.8 Å². The van der Waals surface area contributed by atoms with Crippen molar-refractivity contribution < 1.29 is 4.74 Å². The van der Waals surface area contributed by atoms with Gasteiger partial charge in [0.25, 0.3) is 0 Å². The topological polar surface area (TPSA) is 57.5 Å². The molecule has 0 atom stereocenters. The summed E-state index contributed by atoms with van der Waals surface area (Å²) in [5.41, 5.74) is 8.43. The third-order valence-corrected chi connectivity index (χ3v) is 0.345. The largest absolute Gasteiger partial charge is 0.480 e. The number of hydrogen-bond acceptors (Lipinski definition) is 3. The molecule has 0 saturated carbocycles. The molecule has 40 valence electrons. The molecule has 0 radical (unpaired) electrons. The first-order valence-corrected chi connectivity index (χ1v) is 1.73. The molecule has 0 spiro atoms. The predicted molar refractivity (Wildman–Crippen MR) is 24.4 cm³/mol. The summed E-state index contributed by atoms with van der Waals surface area (Å²) < 4.78 is 4.51. The lowest BCUT2D eigenvalue weighted by Crippen LogP contribution is -2.06. The Balaban J connectivity index is 2.68. The van der Waals surface area contributed by atoms with Gasteiger partial charge in [-0.2, -0.15) is 5.53 Å². The molecule has 0 aromatic rings. The summed E-state index contributed by atoms with van der Waals surface area (Å²) in [6.45, 7) is 3.48. The van der Waals surface area contributed by atoms with E-state index in [1.54, 1.807) is 0 Å². The zero-order valence-electron chi connectivity index (χ0n) is 3.85. The van der Waals surface area contributed by atoms with Gasteiger partial charge in [-0.3, -0.25) is 5.43 Å². The van der Waals surface area contributed by atoms with Crippen molar-refractivity contribution in [1.82, 2.24) is 5.43 Å². The summed E-state index contributed by atoms with van der Waals surface area (Å²) in [6.07, 6.45) is 1.28. The minimum absolute atomic E-state index is 0.215. The third kappa shape index (κ3) is 4.94. The maximum Gasteiger partial charge on any atom is 0.174 e. The van der Waals surface area contributed by atoms with Crippen LogP contribution in [-0.4, -0.2) is 6.73 Å². The van der Waals surface area contributed by atoms with Crippen LogP contribution in [0.4, 0.5) is 0 Å². The molecule has 0 bridgehead atoms. The summed E-state index contributed by atoms with van der Waals surface area (Å²) in [6, 6.07) is 0. The lowest BCUT2D eigenvalue weighted by molar-refractivity contribution is 0.221. The molecule has 4 nitrogen and oxygen atoms in total. The molecule has 2 N–H and O–H groups in total. The SMILES string of the molecule is C=COCNN=N. The van der Waals surface area contributed by atoms with E-state index in [4.69, 9.17) is 5.53 Å². The Morgan fingerprint density at radius 1 is 2.00 bits per heavy atom. The van der Waals surface area contributed by atoms with Gasteiger partial charge in [-0.05, 0) is 0 Å². The van der Waals surface area contributed by atoms with E-state index in [9.17, 15) is 0 Å². The van der Waals surface area contributed by atoms with Crippen LogP contribution in [0.25, 0.3) is 0 Å². The van der Waals surface area contributed by atoms with Crippen molar-refractivity contribution in [1.29, 1.82) is 5.53 Å². The first-order chi connectivity index (χ1) is 3.41.